The SMILES string of the molecule is CN=C(NCc1ccc(OCC2CC2)nc1)N1CCN(c2ncccn2)CC1. The van der Waals surface area contributed by atoms with Crippen LogP contribution >= 0.6 is 0 Å². The fourth-order valence-corrected chi connectivity index (χ4v) is 3.17. The van der Waals surface area contributed by atoms with E-state index in [1.165, 1.54) is 12.8 Å². The number of aromatic nitrogens is 3. The van der Waals surface area contributed by atoms with Crippen molar-refractivity contribution in [3.8, 4) is 5.88 Å². The van der Waals surface area contributed by atoms with Crippen molar-refractivity contribution in [2.75, 3.05) is 44.7 Å². The highest BCUT2D eigenvalue weighted by Crippen LogP contribution is 2.29. The smallest absolute Gasteiger partial charge is 0.225 e. The van der Waals surface area contributed by atoms with E-state index in [0.29, 0.717) is 12.4 Å². The fraction of sp³-hybridized carbons (Fsp3) is 0.500. The molecule has 0 amide bonds. The van der Waals surface area contributed by atoms with Crippen LogP contribution in [0.1, 0.15) is 18.4 Å². The van der Waals surface area contributed by atoms with E-state index in [1.54, 1.807) is 12.4 Å². The number of guanidine groups is 1. The molecule has 1 saturated heterocycles. The van der Waals surface area contributed by atoms with Crippen LogP contribution in [0.5, 0.6) is 5.88 Å². The van der Waals surface area contributed by atoms with Crippen molar-refractivity contribution >= 4 is 11.9 Å². The predicted molar refractivity (Wildman–Crippen MR) is 108 cm³/mol. The van der Waals surface area contributed by atoms with Crippen LogP contribution in [-0.4, -0.2) is 65.6 Å². The van der Waals surface area contributed by atoms with Gasteiger partial charge in [0, 0.05) is 64.4 Å². The summed E-state index contributed by atoms with van der Waals surface area (Å²) < 4.78 is 5.70. The second kappa shape index (κ2) is 8.86. The quantitative estimate of drug-likeness (QED) is 0.601. The third-order valence-electron chi connectivity index (χ3n) is 5.04. The molecule has 0 spiro atoms. The molecule has 1 saturated carbocycles. The van der Waals surface area contributed by atoms with Crippen molar-refractivity contribution in [1.29, 1.82) is 0 Å². The van der Waals surface area contributed by atoms with Crippen LogP contribution in [0.4, 0.5) is 5.95 Å². The van der Waals surface area contributed by atoms with Gasteiger partial charge in [-0.05, 0) is 30.4 Å². The highest BCUT2D eigenvalue weighted by Gasteiger charge is 2.22. The van der Waals surface area contributed by atoms with Gasteiger partial charge >= 0.3 is 0 Å². The fourth-order valence-electron chi connectivity index (χ4n) is 3.17. The molecule has 2 aromatic rings. The van der Waals surface area contributed by atoms with Crippen LogP contribution in [0.25, 0.3) is 0 Å². The molecule has 148 valence electrons. The van der Waals surface area contributed by atoms with Gasteiger partial charge in [0.05, 0.1) is 6.61 Å². The molecule has 28 heavy (non-hydrogen) atoms. The molecule has 0 bridgehead atoms. The Morgan fingerprint density at radius 2 is 1.93 bits per heavy atom. The van der Waals surface area contributed by atoms with Gasteiger partial charge in [-0.2, -0.15) is 0 Å². The molecule has 3 heterocycles. The maximum absolute atomic E-state index is 5.70. The standard InChI is InChI=1S/C20H27N7O/c1-21-19(26-9-11-27(12-10-26)20-22-7-2-8-23-20)25-14-17-5-6-18(24-13-17)28-15-16-3-4-16/h2,5-8,13,16H,3-4,9-12,14-15H2,1H3,(H,21,25). The summed E-state index contributed by atoms with van der Waals surface area (Å²) in [7, 11) is 1.82. The average molecular weight is 381 g/mol. The second-order valence-electron chi connectivity index (χ2n) is 7.18. The normalized spacial score (nSPS) is 17.5. The first-order valence-corrected chi connectivity index (χ1v) is 9.87. The summed E-state index contributed by atoms with van der Waals surface area (Å²) >= 11 is 0. The van der Waals surface area contributed by atoms with Gasteiger partial charge in [-0.3, -0.25) is 4.99 Å². The van der Waals surface area contributed by atoms with Gasteiger partial charge in [0.15, 0.2) is 5.96 Å². The lowest BCUT2D eigenvalue weighted by Gasteiger charge is -2.36. The van der Waals surface area contributed by atoms with Gasteiger partial charge in [-0.15, -0.1) is 0 Å². The zero-order valence-corrected chi connectivity index (χ0v) is 16.3. The number of pyridine rings is 1. The minimum absolute atomic E-state index is 0.685. The Hall–Kier alpha value is -2.90. The van der Waals surface area contributed by atoms with Gasteiger partial charge < -0.3 is 19.9 Å². The van der Waals surface area contributed by atoms with Crippen LogP contribution in [0.3, 0.4) is 0 Å². The lowest BCUT2D eigenvalue weighted by atomic mass is 10.3. The molecule has 8 nitrogen and oxygen atoms in total. The number of nitrogens with one attached hydrogen (secondary N) is 1. The molecule has 4 rings (SSSR count). The number of ether oxygens (including phenoxy) is 1. The van der Waals surface area contributed by atoms with E-state index in [4.69, 9.17) is 4.74 Å². The Morgan fingerprint density at radius 1 is 1.14 bits per heavy atom. The maximum atomic E-state index is 5.70. The number of hydrogen-bond donors (Lipinski definition) is 1. The number of anilines is 1. The summed E-state index contributed by atoms with van der Waals surface area (Å²) in [6, 6.07) is 5.84. The zero-order valence-electron chi connectivity index (χ0n) is 16.3. The number of rotatable bonds is 6. The predicted octanol–water partition coefficient (Wildman–Crippen LogP) is 1.56. The van der Waals surface area contributed by atoms with Crippen molar-refractivity contribution < 1.29 is 4.74 Å². The van der Waals surface area contributed by atoms with Crippen LogP contribution in [0.15, 0.2) is 41.8 Å². The Labute approximate surface area is 165 Å². The third kappa shape index (κ3) is 4.88. The van der Waals surface area contributed by atoms with Gasteiger partial charge in [0.2, 0.25) is 11.8 Å². The largest absolute Gasteiger partial charge is 0.477 e. The molecular formula is C20H27N7O. The molecule has 0 radical (unpaired) electrons. The first kappa shape index (κ1) is 18.5. The molecular weight excluding hydrogens is 354 g/mol. The average Bonchev–Trinajstić information content (AvgIpc) is 3.59. The number of aliphatic imine (C=N–C) groups is 1. The van der Waals surface area contributed by atoms with Gasteiger partial charge in [0.25, 0.3) is 0 Å². The molecule has 2 aromatic heterocycles. The van der Waals surface area contributed by atoms with Crippen molar-refractivity contribution in [2.45, 2.75) is 19.4 Å². The Bertz CT molecular complexity index is 769. The van der Waals surface area contributed by atoms with E-state index in [0.717, 1.165) is 56.2 Å². The van der Waals surface area contributed by atoms with Gasteiger partial charge in [-0.1, -0.05) is 6.07 Å². The summed E-state index contributed by atoms with van der Waals surface area (Å²) in [5.74, 6) is 3.14. The van der Waals surface area contributed by atoms with Crippen molar-refractivity contribution in [3.05, 3.63) is 42.4 Å². The van der Waals surface area contributed by atoms with Gasteiger partial charge in [0.1, 0.15) is 0 Å². The highest BCUT2D eigenvalue weighted by atomic mass is 16.5. The summed E-state index contributed by atoms with van der Waals surface area (Å²) in [5, 5.41) is 3.44. The molecule has 0 atom stereocenters. The van der Waals surface area contributed by atoms with E-state index in [2.05, 4.69) is 41.1 Å². The van der Waals surface area contributed by atoms with Crippen molar-refractivity contribution in [3.63, 3.8) is 0 Å². The minimum Gasteiger partial charge on any atom is -0.477 e. The number of piperazine rings is 1. The minimum atomic E-state index is 0.685. The molecule has 2 fully saturated rings. The van der Waals surface area contributed by atoms with Crippen LogP contribution in [0.2, 0.25) is 0 Å². The second-order valence-corrected chi connectivity index (χ2v) is 7.18. The van der Waals surface area contributed by atoms with Crippen LogP contribution in [-0.2, 0) is 6.54 Å². The van der Waals surface area contributed by atoms with Crippen molar-refractivity contribution in [2.24, 2.45) is 10.9 Å². The molecule has 0 unspecified atom stereocenters. The number of hydrogen-bond acceptors (Lipinski definition) is 6. The summed E-state index contributed by atoms with van der Waals surface area (Å²) in [5.41, 5.74) is 1.11. The highest BCUT2D eigenvalue weighted by molar-refractivity contribution is 5.80. The zero-order chi connectivity index (χ0) is 19.2. The first-order valence-electron chi connectivity index (χ1n) is 9.87. The monoisotopic (exact) mass is 381 g/mol. The molecule has 0 aromatic carbocycles. The Morgan fingerprint density at radius 3 is 2.57 bits per heavy atom. The van der Waals surface area contributed by atoms with Crippen LogP contribution in [0, 0.1) is 5.92 Å². The van der Waals surface area contributed by atoms with Crippen LogP contribution < -0.4 is 15.0 Å². The van der Waals surface area contributed by atoms with Crippen molar-refractivity contribution in [1.82, 2.24) is 25.2 Å². The molecule has 2 aliphatic rings. The summed E-state index contributed by atoms with van der Waals surface area (Å²) in [6.45, 7) is 4.98. The van der Waals surface area contributed by atoms with E-state index < -0.39 is 0 Å². The molecule has 8 heteroatoms. The van der Waals surface area contributed by atoms with E-state index in [1.807, 2.05) is 25.4 Å². The lowest BCUT2D eigenvalue weighted by Crippen LogP contribution is -2.52. The third-order valence-corrected chi connectivity index (χ3v) is 5.04. The van der Waals surface area contributed by atoms with Gasteiger partial charge in [-0.25, -0.2) is 15.0 Å². The first-order chi connectivity index (χ1) is 13.8. The molecule has 1 aliphatic carbocycles. The summed E-state index contributed by atoms with van der Waals surface area (Å²) in [6.07, 6.45) is 8.01. The van der Waals surface area contributed by atoms with E-state index in [-0.39, 0.29) is 0 Å². The topological polar surface area (TPSA) is 78.8 Å². The Balaban J connectivity index is 1.24. The molecule has 1 aliphatic heterocycles. The van der Waals surface area contributed by atoms with E-state index >= 15 is 0 Å². The molecule has 1 N–H and O–H groups in total. The van der Waals surface area contributed by atoms with E-state index in [9.17, 15) is 0 Å². The summed E-state index contributed by atoms with van der Waals surface area (Å²) in [4.78, 5) is 22.0. The Kier molecular flexibility index (Phi) is 5.84. The lowest BCUT2D eigenvalue weighted by molar-refractivity contribution is 0.288. The number of nitrogens with zero attached hydrogens (tertiary/aromatic N) is 6. The maximum Gasteiger partial charge on any atom is 0.225 e.